The summed E-state index contributed by atoms with van der Waals surface area (Å²) in [5, 5.41) is 6.90. The van der Waals surface area contributed by atoms with Gasteiger partial charge in [0.25, 0.3) is 0 Å². The highest BCUT2D eigenvalue weighted by Gasteiger charge is 2.27. The third-order valence-corrected chi connectivity index (χ3v) is 3.64. The molecular formula is C13H18ClN3O. The first kappa shape index (κ1) is 13.2. The van der Waals surface area contributed by atoms with Crippen molar-refractivity contribution in [1.29, 1.82) is 0 Å². The van der Waals surface area contributed by atoms with Crippen molar-refractivity contribution in [3.63, 3.8) is 0 Å². The maximum atomic E-state index is 12.2. The van der Waals surface area contributed by atoms with E-state index >= 15 is 0 Å². The number of halogens is 1. The van der Waals surface area contributed by atoms with Crippen LogP contribution in [0.25, 0.3) is 0 Å². The predicted octanol–water partition coefficient (Wildman–Crippen LogP) is 2.55. The van der Waals surface area contributed by atoms with Crippen LogP contribution in [0.4, 0.5) is 10.5 Å². The van der Waals surface area contributed by atoms with E-state index < -0.39 is 0 Å². The molecule has 0 aromatic heterocycles. The van der Waals surface area contributed by atoms with E-state index in [-0.39, 0.29) is 12.1 Å². The highest BCUT2D eigenvalue weighted by atomic mass is 35.5. The van der Waals surface area contributed by atoms with E-state index in [1.54, 1.807) is 24.3 Å². The van der Waals surface area contributed by atoms with Crippen molar-refractivity contribution in [3.8, 4) is 0 Å². The predicted molar refractivity (Wildman–Crippen MR) is 74.1 cm³/mol. The largest absolute Gasteiger partial charge is 0.322 e. The van der Waals surface area contributed by atoms with Crippen molar-refractivity contribution in [2.75, 3.05) is 18.4 Å². The van der Waals surface area contributed by atoms with Crippen LogP contribution in [0.15, 0.2) is 24.3 Å². The minimum absolute atomic E-state index is 0.0572. The molecule has 0 radical (unpaired) electrons. The Labute approximate surface area is 112 Å². The van der Waals surface area contributed by atoms with E-state index in [1.165, 1.54) is 0 Å². The lowest BCUT2D eigenvalue weighted by Gasteiger charge is -2.38. The number of amides is 2. The number of urea groups is 1. The van der Waals surface area contributed by atoms with E-state index in [0.717, 1.165) is 18.8 Å². The molecule has 2 unspecified atom stereocenters. The molecule has 1 aliphatic heterocycles. The number of nitrogens with zero attached hydrogens (tertiary/aromatic N) is 1. The molecule has 4 nitrogen and oxygen atoms in total. The zero-order valence-electron chi connectivity index (χ0n) is 10.6. The van der Waals surface area contributed by atoms with Gasteiger partial charge in [0.05, 0.1) is 0 Å². The summed E-state index contributed by atoms with van der Waals surface area (Å²) >= 11 is 5.81. The molecule has 0 spiro atoms. The van der Waals surface area contributed by atoms with Crippen LogP contribution in [0.3, 0.4) is 0 Å². The second-order valence-electron chi connectivity index (χ2n) is 4.61. The Hall–Kier alpha value is -1.26. The molecule has 1 aromatic carbocycles. The van der Waals surface area contributed by atoms with E-state index in [2.05, 4.69) is 24.5 Å². The number of carbonyl (C=O) groups excluding carboxylic acids is 1. The molecule has 2 amide bonds. The minimum atomic E-state index is -0.0572. The standard InChI is InChI=1S/C13H18ClN3O/c1-9-10(2)17(8-7-15-9)13(18)16-12-5-3-11(14)4-6-12/h3-6,9-10,15H,7-8H2,1-2H3,(H,16,18). The van der Waals surface area contributed by atoms with Crippen LogP contribution in [-0.4, -0.2) is 36.1 Å². The summed E-state index contributed by atoms with van der Waals surface area (Å²) in [6.45, 7) is 5.70. The normalized spacial score (nSPS) is 23.8. The lowest BCUT2D eigenvalue weighted by atomic mass is 10.1. The first-order valence-electron chi connectivity index (χ1n) is 6.14. The zero-order chi connectivity index (χ0) is 13.1. The topological polar surface area (TPSA) is 44.4 Å². The Morgan fingerprint density at radius 3 is 2.72 bits per heavy atom. The van der Waals surface area contributed by atoms with E-state index in [0.29, 0.717) is 11.1 Å². The quantitative estimate of drug-likeness (QED) is 0.821. The Morgan fingerprint density at radius 2 is 2.06 bits per heavy atom. The molecule has 2 rings (SSSR count). The number of piperazine rings is 1. The smallest absolute Gasteiger partial charge is 0.319 e. The maximum absolute atomic E-state index is 12.2. The minimum Gasteiger partial charge on any atom is -0.319 e. The number of rotatable bonds is 1. The van der Waals surface area contributed by atoms with Gasteiger partial charge >= 0.3 is 6.03 Å². The third-order valence-electron chi connectivity index (χ3n) is 3.39. The average Bonchev–Trinajstić information content (AvgIpc) is 2.35. The molecule has 18 heavy (non-hydrogen) atoms. The van der Waals surface area contributed by atoms with Gasteiger partial charge in [0.2, 0.25) is 0 Å². The second-order valence-corrected chi connectivity index (χ2v) is 5.05. The molecule has 0 saturated carbocycles. The van der Waals surface area contributed by atoms with Crippen LogP contribution in [-0.2, 0) is 0 Å². The Morgan fingerprint density at radius 1 is 1.39 bits per heavy atom. The molecule has 0 aliphatic carbocycles. The molecule has 1 fully saturated rings. The van der Waals surface area contributed by atoms with Gasteiger partial charge in [-0.3, -0.25) is 0 Å². The molecule has 2 atom stereocenters. The van der Waals surface area contributed by atoms with Gasteiger partial charge in [-0.15, -0.1) is 0 Å². The Balaban J connectivity index is 2.01. The van der Waals surface area contributed by atoms with E-state index in [1.807, 2.05) is 4.90 Å². The summed E-state index contributed by atoms with van der Waals surface area (Å²) in [5.74, 6) is 0. The summed E-state index contributed by atoms with van der Waals surface area (Å²) < 4.78 is 0. The summed E-state index contributed by atoms with van der Waals surface area (Å²) in [5.41, 5.74) is 0.766. The lowest BCUT2D eigenvalue weighted by molar-refractivity contribution is 0.156. The summed E-state index contributed by atoms with van der Waals surface area (Å²) in [6, 6.07) is 7.58. The van der Waals surface area contributed by atoms with Crippen LogP contribution < -0.4 is 10.6 Å². The average molecular weight is 268 g/mol. The van der Waals surface area contributed by atoms with E-state index in [9.17, 15) is 4.79 Å². The van der Waals surface area contributed by atoms with Crippen LogP contribution in [0.5, 0.6) is 0 Å². The van der Waals surface area contributed by atoms with Crippen LogP contribution in [0, 0.1) is 0 Å². The fourth-order valence-corrected chi connectivity index (χ4v) is 2.20. The number of benzene rings is 1. The molecule has 1 saturated heterocycles. The monoisotopic (exact) mass is 267 g/mol. The van der Waals surface area contributed by atoms with Gasteiger partial charge in [0.15, 0.2) is 0 Å². The molecular weight excluding hydrogens is 250 g/mol. The molecule has 1 aromatic rings. The molecule has 0 bridgehead atoms. The SMILES string of the molecule is CC1NCCN(C(=O)Nc2ccc(Cl)cc2)C1C. The van der Waals surface area contributed by atoms with Gasteiger partial charge in [-0.05, 0) is 38.1 Å². The van der Waals surface area contributed by atoms with Gasteiger partial charge in [-0.1, -0.05) is 11.6 Å². The van der Waals surface area contributed by atoms with Gasteiger partial charge < -0.3 is 15.5 Å². The fourth-order valence-electron chi connectivity index (χ4n) is 2.07. The number of hydrogen-bond acceptors (Lipinski definition) is 2. The van der Waals surface area contributed by atoms with Gasteiger partial charge in [0.1, 0.15) is 0 Å². The van der Waals surface area contributed by atoms with Crippen molar-refractivity contribution >= 4 is 23.3 Å². The molecule has 98 valence electrons. The molecule has 1 heterocycles. The molecule has 1 aliphatic rings. The van der Waals surface area contributed by atoms with Gasteiger partial charge in [-0.25, -0.2) is 4.79 Å². The Kier molecular flexibility index (Phi) is 4.09. The van der Waals surface area contributed by atoms with Crippen molar-refractivity contribution in [2.24, 2.45) is 0 Å². The van der Waals surface area contributed by atoms with Crippen molar-refractivity contribution in [1.82, 2.24) is 10.2 Å². The van der Waals surface area contributed by atoms with Crippen molar-refractivity contribution in [3.05, 3.63) is 29.3 Å². The lowest BCUT2D eigenvalue weighted by Crippen LogP contribution is -2.58. The second kappa shape index (κ2) is 5.59. The first-order valence-corrected chi connectivity index (χ1v) is 6.52. The molecule has 5 heteroatoms. The highest BCUT2D eigenvalue weighted by molar-refractivity contribution is 6.30. The van der Waals surface area contributed by atoms with Crippen LogP contribution >= 0.6 is 11.6 Å². The fraction of sp³-hybridized carbons (Fsp3) is 0.462. The third kappa shape index (κ3) is 2.94. The number of anilines is 1. The number of nitrogens with one attached hydrogen (secondary N) is 2. The van der Waals surface area contributed by atoms with E-state index in [4.69, 9.17) is 11.6 Å². The summed E-state index contributed by atoms with van der Waals surface area (Å²) in [7, 11) is 0. The van der Waals surface area contributed by atoms with Crippen LogP contribution in [0.2, 0.25) is 5.02 Å². The highest BCUT2D eigenvalue weighted by Crippen LogP contribution is 2.15. The zero-order valence-corrected chi connectivity index (χ0v) is 11.4. The number of hydrogen-bond donors (Lipinski definition) is 2. The maximum Gasteiger partial charge on any atom is 0.322 e. The summed E-state index contributed by atoms with van der Waals surface area (Å²) in [4.78, 5) is 14.0. The van der Waals surface area contributed by atoms with Crippen molar-refractivity contribution < 1.29 is 4.79 Å². The van der Waals surface area contributed by atoms with Crippen LogP contribution in [0.1, 0.15) is 13.8 Å². The van der Waals surface area contributed by atoms with Crippen molar-refractivity contribution in [2.45, 2.75) is 25.9 Å². The Bertz CT molecular complexity index is 421. The van der Waals surface area contributed by atoms with Gasteiger partial charge in [0, 0.05) is 35.9 Å². The number of carbonyl (C=O) groups is 1. The van der Waals surface area contributed by atoms with Gasteiger partial charge in [-0.2, -0.15) is 0 Å². The summed E-state index contributed by atoms with van der Waals surface area (Å²) in [6.07, 6.45) is 0. The first-order chi connectivity index (χ1) is 8.58. The molecule has 2 N–H and O–H groups in total.